The average Bonchev–Trinajstić information content (AvgIpc) is 3.09. The number of aryl methyl sites for hydroxylation is 1. The van der Waals surface area contributed by atoms with Crippen molar-refractivity contribution >= 4 is 21.5 Å². The molecule has 6 heteroatoms. The van der Waals surface area contributed by atoms with Crippen molar-refractivity contribution in [1.29, 1.82) is 0 Å². The number of nitrogens with one attached hydrogen (secondary N) is 1. The van der Waals surface area contributed by atoms with Gasteiger partial charge in [-0.1, -0.05) is 24.3 Å². The molecule has 0 bridgehead atoms. The van der Waals surface area contributed by atoms with Gasteiger partial charge in [0.2, 0.25) is 10.0 Å². The number of carbonyl (C=O) groups is 1. The lowest BCUT2D eigenvalue weighted by Crippen LogP contribution is -2.31. The van der Waals surface area contributed by atoms with Gasteiger partial charge in [0.25, 0.3) is 0 Å². The van der Waals surface area contributed by atoms with Crippen molar-refractivity contribution in [3.8, 4) is 0 Å². The number of hydrogen-bond donors (Lipinski definition) is 1. The largest absolute Gasteiger partial charge is 0.371 e. The number of rotatable bonds is 6. The van der Waals surface area contributed by atoms with Gasteiger partial charge < -0.3 is 4.90 Å². The fourth-order valence-electron chi connectivity index (χ4n) is 3.24. The SMILES string of the molecule is CC(=O)c1ccc(S(=O)(=O)NCC2CCN(c3cccc(C)c3)C2)cc1. The zero-order valence-corrected chi connectivity index (χ0v) is 15.9. The summed E-state index contributed by atoms with van der Waals surface area (Å²) in [6.45, 7) is 5.72. The summed E-state index contributed by atoms with van der Waals surface area (Å²) in [6, 6.07) is 14.4. The van der Waals surface area contributed by atoms with Gasteiger partial charge in [-0.05, 0) is 56.0 Å². The highest BCUT2D eigenvalue weighted by Gasteiger charge is 2.25. The lowest BCUT2D eigenvalue weighted by atomic mass is 10.1. The van der Waals surface area contributed by atoms with Gasteiger partial charge in [-0.25, -0.2) is 13.1 Å². The summed E-state index contributed by atoms with van der Waals surface area (Å²) < 4.78 is 27.6. The van der Waals surface area contributed by atoms with E-state index in [2.05, 4.69) is 34.7 Å². The minimum absolute atomic E-state index is 0.0795. The van der Waals surface area contributed by atoms with Crippen molar-refractivity contribution in [3.05, 3.63) is 59.7 Å². The summed E-state index contributed by atoms with van der Waals surface area (Å²) >= 11 is 0. The van der Waals surface area contributed by atoms with Gasteiger partial charge in [-0.3, -0.25) is 4.79 Å². The van der Waals surface area contributed by atoms with Gasteiger partial charge in [-0.2, -0.15) is 0 Å². The molecule has 0 aliphatic carbocycles. The Hall–Kier alpha value is -2.18. The van der Waals surface area contributed by atoms with E-state index in [0.29, 0.717) is 12.1 Å². The molecule has 0 radical (unpaired) electrons. The van der Waals surface area contributed by atoms with Gasteiger partial charge >= 0.3 is 0 Å². The standard InChI is InChI=1S/C20H24N2O3S/c1-15-4-3-5-19(12-15)22-11-10-17(14-22)13-21-26(24,25)20-8-6-18(7-9-20)16(2)23/h3-9,12,17,21H,10-11,13-14H2,1-2H3. The quantitative estimate of drug-likeness (QED) is 0.792. The van der Waals surface area contributed by atoms with Crippen LogP contribution in [0.15, 0.2) is 53.4 Å². The molecule has 0 spiro atoms. The third kappa shape index (κ3) is 4.31. The Balaban J connectivity index is 1.59. The Morgan fingerprint density at radius 1 is 1.19 bits per heavy atom. The second-order valence-electron chi connectivity index (χ2n) is 6.87. The number of hydrogen-bond acceptors (Lipinski definition) is 4. The van der Waals surface area contributed by atoms with E-state index in [-0.39, 0.29) is 16.6 Å². The predicted molar refractivity (Wildman–Crippen MR) is 103 cm³/mol. The fraction of sp³-hybridized carbons (Fsp3) is 0.350. The van der Waals surface area contributed by atoms with Crippen molar-refractivity contribution in [2.24, 2.45) is 5.92 Å². The van der Waals surface area contributed by atoms with Crippen molar-refractivity contribution < 1.29 is 13.2 Å². The summed E-state index contributed by atoms with van der Waals surface area (Å²) in [7, 11) is -3.56. The number of Topliss-reactive ketones (excluding diaryl/α,β-unsaturated/α-hetero) is 1. The van der Waals surface area contributed by atoms with Crippen molar-refractivity contribution in [1.82, 2.24) is 4.72 Å². The molecule has 1 atom stereocenters. The molecule has 1 saturated heterocycles. The van der Waals surface area contributed by atoms with Gasteiger partial charge in [0.05, 0.1) is 4.90 Å². The zero-order chi connectivity index (χ0) is 18.7. The Bertz CT molecular complexity index is 892. The summed E-state index contributed by atoms with van der Waals surface area (Å²) in [6.07, 6.45) is 0.958. The maximum Gasteiger partial charge on any atom is 0.240 e. The molecular weight excluding hydrogens is 348 g/mol. The molecule has 138 valence electrons. The zero-order valence-electron chi connectivity index (χ0n) is 15.1. The Morgan fingerprint density at radius 3 is 2.58 bits per heavy atom. The second kappa shape index (κ2) is 7.60. The van der Waals surface area contributed by atoms with Crippen LogP contribution in [0, 0.1) is 12.8 Å². The maximum atomic E-state index is 12.5. The summed E-state index contributed by atoms with van der Waals surface area (Å²) in [5, 5.41) is 0. The highest BCUT2D eigenvalue weighted by molar-refractivity contribution is 7.89. The molecule has 1 aliphatic rings. The fourth-order valence-corrected chi connectivity index (χ4v) is 4.35. The number of benzene rings is 2. The van der Waals surface area contributed by atoms with E-state index < -0.39 is 10.0 Å². The molecule has 2 aromatic rings. The first-order valence-electron chi connectivity index (χ1n) is 8.77. The molecule has 1 fully saturated rings. The Labute approximate surface area is 155 Å². The van der Waals surface area contributed by atoms with Crippen LogP contribution in [0.4, 0.5) is 5.69 Å². The van der Waals surface area contributed by atoms with E-state index in [4.69, 9.17) is 0 Å². The van der Waals surface area contributed by atoms with Crippen LogP contribution in [0.5, 0.6) is 0 Å². The molecule has 1 aliphatic heterocycles. The number of carbonyl (C=O) groups excluding carboxylic acids is 1. The Morgan fingerprint density at radius 2 is 1.92 bits per heavy atom. The normalized spacial score (nSPS) is 17.5. The number of sulfonamides is 1. The molecule has 0 saturated carbocycles. The highest BCUT2D eigenvalue weighted by Crippen LogP contribution is 2.24. The predicted octanol–water partition coefficient (Wildman–Crippen LogP) is 3.00. The van der Waals surface area contributed by atoms with E-state index in [1.54, 1.807) is 12.1 Å². The minimum Gasteiger partial charge on any atom is -0.371 e. The third-order valence-corrected chi connectivity index (χ3v) is 6.23. The van der Waals surface area contributed by atoms with E-state index in [9.17, 15) is 13.2 Å². The number of anilines is 1. The van der Waals surface area contributed by atoms with Gasteiger partial charge in [0.1, 0.15) is 0 Å². The summed E-state index contributed by atoms with van der Waals surface area (Å²) in [5.41, 5.74) is 2.92. The van der Waals surface area contributed by atoms with Crippen LogP contribution in [-0.2, 0) is 10.0 Å². The molecule has 1 unspecified atom stereocenters. The van der Waals surface area contributed by atoms with E-state index >= 15 is 0 Å². The molecule has 26 heavy (non-hydrogen) atoms. The Kier molecular flexibility index (Phi) is 5.44. The summed E-state index contributed by atoms with van der Waals surface area (Å²) in [4.78, 5) is 13.8. The van der Waals surface area contributed by atoms with Crippen molar-refractivity contribution in [2.75, 3.05) is 24.5 Å². The van der Waals surface area contributed by atoms with Crippen molar-refractivity contribution in [3.63, 3.8) is 0 Å². The third-order valence-electron chi connectivity index (χ3n) is 4.79. The first-order valence-corrected chi connectivity index (χ1v) is 10.3. The van der Waals surface area contributed by atoms with Crippen LogP contribution >= 0.6 is 0 Å². The monoisotopic (exact) mass is 372 g/mol. The molecule has 1 heterocycles. The lowest BCUT2D eigenvalue weighted by Gasteiger charge is -2.19. The topological polar surface area (TPSA) is 66.5 Å². The second-order valence-corrected chi connectivity index (χ2v) is 8.64. The van der Waals surface area contributed by atoms with Crippen LogP contribution in [-0.4, -0.2) is 33.8 Å². The van der Waals surface area contributed by atoms with Crippen LogP contribution in [0.3, 0.4) is 0 Å². The molecular formula is C20H24N2O3S. The first-order chi connectivity index (χ1) is 12.3. The van der Waals surface area contributed by atoms with Crippen LogP contribution in [0.2, 0.25) is 0 Å². The van der Waals surface area contributed by atoms with Crippen LogP contribution in [0.25, 0.3) is 0 Å². The molecule has 0 aromatic heterocycles. The van der Waals surface area contributed by atoms with Gasteiger partial charge in [0.15, 0.2) is 5.78 Å². The maximum absolute atomic E-state index is 12.5. The molecule has 2 aromatic carbocycles. The van der Waals surface area contributed by atoms with E-state index in [0.717, 1.165) is 19.5 Å². The molecule has 0 amide bonds. The van der Waals surface area contributed by atoms with E-state index in [1.807, 2.05) is 6.07 Å². The van der Waals surface area contributed by atoms with Crippen molar-refractivity contribution in [2.45, 2.75) is 25.2 Å². The average molecular weight is 372 g/mol. The molecule has 3 rings (SSSR count). The van der Waals surface area contributed by atoms with Crippen LogP contribution < -0.4 is 9.62 Å². The number of ketones is 1. The molecule has 1 N–H and O–H groups in total. The van der Waals surface area contributed by atoms with Gasteiger partial charge in [-0.15, -0.1) is 0 Å². The van der Waals surface area contributed by atoms with E-state index in [1.165, 1.54) is 30.3 Å². The lowest BCUT2D eigenvalue weighted by molar-refractivity contribution is 0.101. The van der Waals surface area contributed by atoms with Gasteiger partial charge in [0, 0.05) is 30.9 Å². The molecule has 5 nitrogen and oxygen atoms in total. The smallest absolute Gasteiger partial charge is 0.240 e. The van der Waals surface area contributed by atoms with Crippen LogP contribution in [0.1, 0.15) is 29.3 Å². The first kappa shape index (κ1) is 18.6. The highest BCUT2D eigenvalue weighted by atomic mass is 32.2. The minimum atomic E-state index is -3.56. The number of nitrogens with zero attached hydrogens (tertiary/aromatic N) is 1. The summed E-state index contributed by atoms with van der Waals surface area (Å²) in [5.74, 6) is 0.200.